The van der Waals surface area contributed by atoms with E-state index in [1.165, 1.54) is 10.9 Å². The third kappa shape index (κ3) is 2.67. The van der Waals surface area contributed by atoms with Crippen molar-refractivity contribution in [2.24, 2.45) is 7.05 Å². The van der Waals surface area contributed by atoms with Crippen molar-refractivity contribution in [1.29, 1.82) is 0 Å². The Balaban J connectivity index is 1.97. The van der Waals surface area contributed by atoms with Gasteiger partial charge in [0.05, 0.1) is 6.04 Å². The lowest BCUT2D eigenvalue weighted by molar-refractivity contribution is -0.122. The van der Waals surface area contributed by atoms with E-state index in [0.29, 0.717) is 0 Å². The summed E-state index contributed by atoms with van der Waals surface area (Å²) < 4.78 is 2.46. The van der Waals surface area contributed by atoms with Crippen LogP contribution in [0.15, 0.2) is 28.6 Å². The van der Waals surface area contributed by atoms with Gasteiger partial charge in [0.25, 0.3) is 0 Å². The topological polar surface area (TPSA) is 68.9 Å². The number of thiophene rings is 1. The van der Waals surface area contributed by atoms with Gasteiger partial charge < -0.3 is 5.32 Å². The fourth-order valence-corrected chi connectivity index (χ4v) is 2.30. The summed E-state index contributed by atoms with van der Waals surface area (Å²) in [5.74, 6) is -0.225. The Bertz CT molecular complexity index is 584. The van der Waals surface area contributed by atoms with Gasteiger partial charge in [-0.2, -0.15) is 5.10 Å². The molecule has 2 aromatic rings. The Morgan fingerprint density at radius 3 is 2.94 bits per heavy atom. The van der Waals surface area contributed by atoms with Gasteiger partial charge in [-0.15, -0.1) is 11.3 Å². The standard InChI is InChI=1S/C11H14N4O2S/c1-8(9-4-3-5-18-9)13-10(16)6-15-11(17)14(2)7-12-15/h3-5,7-8H,6H2,1-2H3,(H,13,16)/t8-/m1/s1. The zero-order valence-corrected chi connectivity index (χ0v) is 11.0. The number of aryl methyl sites for hydroxylation is 1. The molecule has 1 amide bonds. The number of aromatic nitrogens is 3. The first-order chi connectivity index (χ1) is 8.58. The molecule has 0 unspecified atom stereocenters. The summed E-state index contributed by atoms with van der Waals surface area (Å²) >= 11 is 1.58. The normalized spacial score (nSPS) is 12.3. The largest absolute Gasteiger partial charge is 0.347 e. The van der Waals surface area contributed by atoms with E-state index in [2.05, 4.69) is 10.4 Å². The summed E-state index contributed by atoms with van der Waals surface area (Å²) in [4.78, 5) is 24.3. The van der Waals surface area contributed by atoms with Crippen LogP contribution in [-0.4, -0.2) is 20.3 Å². The Hall–Kier alpha value is -1.89. The second kappa shape index (κ2) is 5.18. The second-order valence-electron chi connectivity index (χ2n) is 3.99. The number of rotatable bonds is 4. The van der Waals surface area contributed by atoms with Crippen LogP contribution in [0.3, 0.4) is 0 Å². The average Bonchev–Trinajstić information content (AvgIpc) is 2.94. The van der Waals surface area contributed by atoms with Crippen molar-refractivity contribution in [3.8, 4) is 0 Å². The smallest absolute Gasteiger partial charge is 0.345 e. The number of hydrogen-bond donors (Lipinski definition) is 1. The highest BCUT2D eigenvalue weighted by molar-refractivity contribution is 7.10. The van der Waals surface area contributed by atoms with Crippen LogP contribution in [0.25, 0.3) is 0 Å². The Morgan fingerprint density at radius 1 is 1.61 bits per heavy atom. The molecule has 0 saturated carbocycles. The highest BCUT2D eigenvalue weighted by Gasteiger charge is 2.12. The van der Waals surface area contributed by atoms with E-state index in [1.807, 2.05) is 24.4 Å². The zero-order valence-electron chi connectivity index (χ0n) is 10.2. The third-order valence-electron chi connectivity index (χ3n) is 2.53. The maximum absolute atomic E-state index is 11.8. The first kappa shape index (κ1) is 12.6. The van der Waals surface area contributed by atoms with E-state index >= 15 is 0 Å². The molecule has 0 bridgehead atoms. The van der Waals surface area contributed by atoms with Crippen molar-refractivity contribution in [1.82, 2.24) is 19.7 Å². The fraction of sp³-hybridized carbons (Fsp3) is 0.364. The van der Waals surface area contributed by atoms with Gasteiger partial charge in [-0.1, -0.05) is 6.07 Å². The minimum absolute atomic E-state index is 0.0584. The molecule has 0 fully saturated rings. The van der Waals surface area contributed by atoms with E-state index in [-0.39, 0.29) is 24.2 Å². The van der Waals surface area contributed by atoms with Crippen molar-refractivity contribution >= 4 is 17.2 Å². The molecule has 7 heteroatoms. The number of nitrogens with one attached hydrogen (secondary N) is 1. The molecular weight excluding hydrogens is 252 g/mol. The van der Waals surface area contributed by atoms with Gasteiger partial charge in [-0.05, 0) is 18.4 Å². The second-order valence-corrected chi connectivity index (χ2v) is 4.97. The van der Waals surface area contributed by atoms with E-state index in [9.17, 15) is 9.59 Å². The molecule has 1 N–H and O–H groups in total. The quantitative estimate of drug-likeness (QED) is 0.877. The molecule has 96 valence electrons. The number of carbonyl (C=O) groups excluding carboxylic acids is 1. The predicted octanol–water partition coefficient (Wildman–Crippen LogP) is 0.521. The van der Waals surface area contributed by atoms with E-state index in [1.54, 1.807) is 18.4 Å². The van der Waals surface area contributed by atoms with E-state index in [4.69, 9.17) is 0 Å². The molecule has 0 aromatic carbocycles. The van der Waals surface area contributed by atoms with Crippen molar-refractivity contribution in [3.05, 3.63) is 39.2 Å². The first-order valence-corrected chi connectivity index (χ1v) is 6.37. The Kier molecular flexibility index (Phi) is 3.61. The average molecular weight is 266 g/mol. The summed E-state index contributed by atoms with van der Waals surface area (Å²) in [6, 6.07) is 3.84. The van der Waals surface area contributed by atoms with E-state index in [0.717, 1.165) is 9.56 Å². The maximum atomic E-state index is 11.8. The summed E-state index contributed by atoms with van der Waals surface area (Å²) in [6.07, 6.45) is 1.39. The van der Waals surface area contributed by atoms with Crippen LogP contribution in [0, 0.1) is 0 Å². The van der Waals surface area contributed by atoms with Crippen molar-refractivity contribution in [3.63, 3.8) is 0 Å². The van der Waals surface area contributed by atoms with Gasteiger partial charge in [0.15, 0.2) is 0 Å². The van der Waals surface area contributed by atoms with Crippen LogP contribution in [0.1, 0.15) is 17.8 Å². The summed E-state index contributed by atoms with van der Waals surface area (Å²) in [6.45, 7) is 1.85. The van der Waals surface area contributed by atoms with Crippen molar-refractivity contribution in [2.75, 3.05) is 0 Å². The summed E-state index contributed by atoms with van der Waals surface area (Å²) in [5, 5.41) is 8.62. The molecule has 18 heavy (non-hydrogen) atoms. The Morgan fingerprint density at radius 2 is 2.39 bits per heavy atom. The van der Waals surface area contributed by atoms with Crippen molar-refractivity contribution in [2.45, 2.75) is 19.5 Å². The lowest BCUT2D eigenvalue weighted by Gasteiger charge is -2.11. The molecular formula is C11H14N4O2S. The monoisotopic (exact) mass is 266 g/mol. The highest BCUT2D eigenvalue weighted by Crippen LogP contribution is 2.17. The number of carbonyl (C=O) groups is 1. The molecule has 0 radical (unpaired) electrons. The minimum atomic E-state index is -0.297. The molecule has 0 aliphatic carbocycles. The molecule has 0 aliphatic rings. The molecule has 2 aromatic heterocycles. The number of hydrogen-bond acceptors (Lipinski definition) is 4. The van der Waals surface area contributed by atoms with Gasteiger partial charge in [0.1, 0.15) is 12.9 Å². The molecule has 2 rings (SSSR count). The molecule has 1 atom stereocenters. The third-order valence-corrected chi connectivity index (χ3v) is 3.58. The van der Waals surface area contributed by atoms with Crippen LogP contribution >= 0.6 is 11.3 Å². The molecule has 6 nitrogen and oxygen atoms in total. The van der Waals surface area contributed by atoms with Gasteiger partial charge in [-0.25, -0.2) is 9.48 Å². The molecule has 0 aliphatic heterocycles. The fourth-order valence-electron chi connectivity index (χ4n) is 1.56. The van der Waals surface area contributed by atoms with Crippen LogP contribution in [-0.2, 0) is 18.4 Å². The lowest BCUT2D eigenvalue weighted by atomic mass is 10.3. The predicted molar refractivity (Wildman–Crippen MR) is 68.3 cm³/mol. The maximum Gasteiger partial charge on any atom is 0.345 e. The first-order valence-electron chi connectivity index (χ1n) is 5.49. The van der Waals surface area contributed by atoms with Crippen LogP contribution < -0.4 is 11.0 Å². The zero-order chi connectivity index (χ0) is 13.1. The van der Waals surface area contributed by atoms with Crippen LogP contribution in [0.5, 0.6) is 0 Å². The molecule has 2 heterocycles. The van der Waals surface area contributed by atoms with Crippen LogP contribution in [0.2, 0.25) is 0 Å². The molecule has 0 spiro atoms. The van der Waals surface area contributed by atoms with Gasteiger partial charge in [-0.3, -0.25) is 9.36 Å². The summed E-state index contributed by atoms with van der Waals surface area (Å²) in [7, 11) is 1.60. The SMILES string of the molecule is C[C@@H](NC(=O)Cn1ncn(C)c1=O)c1cccs1. The molecule has 0 saturated heterocycles. The number of amides is 1. The number of nitrogens with zero attached hydrogens (tertiary/aromatic N) is 3. The summed E-state index contributed by atoms with van der Waals surface area (Å²) in [5.41, 5.74) is -0.297. The Labute approximate surface area is 108 Å². The van der Waals surface area contributed by atoms with Gasteiger partial charge >= 0.3 is 5.69 Å². The van der Waals surface area contributed by atoms with Gasteiger partial charge in [0, 0.05) is 11.9 Å². The lowest BCUT2D eigenvalue weighted by Crippen LogP contribution is -2.34. The highest BCUT2D eigenvalue weighted by atomic mass is 32.1. The van der Waals surface area contributed by atoms with Crippen LogP contribution in [0.4, 0.5) is 0 Å². The van der Waals surface area contributed by atoms with Crippen molar-refractivity contribution < 1.29 is 4.79 Å². The van der Waals surface area contributed by atoms with E-state index < -0.39 is 0 Å². The minimum Gasteiger partial charge on any atom is -0.347 e. The van der Waals surface area contributed by atoms with Gasteiger partial charge in [0.2, 0.25) is 5.91 Å².